The Morgan fingerprint density at radius 2 is 2.06 bits per heavy atom. The highest BCUT2D eigenvalue weighted by atomic mass is 16.7. The number of methoxy groups -OCH3 is 1. The quantitative estimate of drug-likeness (QED) is 0.348. The number of carbonyl (C=O) groups excluding carboxylic acids is 2. The van der Waals surface area contributed by atoms with Crippen molar-refractivity contribution in [1.82, 2.24) is 0 Å². The Morgan fingerprint density at radius 3 is 2.59 bits per heavy atom. The van der Waals surface area contributed by atoms with Crippen LogP contribution in [0.1, 0.15) is 17.3 Å². The fourth-order valence-corrected chi connectivity index (χ4v) is 1.10. The topological polar surface area (TPSA) is 61.8 Å². The molecule has 0 aliphatic rings. The molecule has 0 aromatic heterocycles. The Morgan fingerprint density at radius 1 is 1.35 bits per heavy atom. The molecule has 0 saturated carbocycles. The van der Waals surface area contributed by atoms with Crippen LogP contribution in [0.2, 0.25) is 0 Å². The normalized spacial score (nSPS) is 9.29. The second kappa shape index (κ2) is 5.69. The standard InChI is InChI=1S/C12H12O5/c1-8(2)16-12(14)17-11-6-9(7-13)4-5-10(11)15-3/h4-7H,1H2,2-3H3. The predicted molar refractivity (Wildman–Crippen MR) is 60.3 cm³/mol. The lowest BCUT2D eigenvalue weighted by Crippen LogP contribution is -2.10. The fourth-order valence-electron chi connectivity index (χ4n) is 1.10. The van der Waals surface area contributed by atoms with Gasteiger partial charge in [-0.15, -0.1) is 0 Å². The molecule has 17 heavy (non-hydrogen) atoms. The van der Waals surface area contributed by atoms with E-state index in [1.807, 2.05) is 0 Å². The minimum absolute atomic E-state index is 0.114. The number of hydrogen-bond donors (Lipinski definition) is 0. The van der Waals surface area contributed by atoms with E-state index in [1.54, 1.807) is 6.07 Å². The molecule has 0 atom stereocenters. The number of hydrogen-bond acceptors (Lipinski definition) is 5. The number of aldehydes is 1. The first-order chi connectivity index (χ1) is 8.06. The Bertz CT molecular complexity index is 450. The lowest BCUT2D eigenvalue weighted by Gasteiger charge is -2.09. The highest BCUT2D eigenvalue weighted by molar-refractivity contribution is 5.77. The number of ether oxygens (including phenoxy) is 3. The van der Waals surface area contributed by atoms with E-state index in [0.29, 0.717) is 17.6 Å². The Balaban J connectivity index is 2.91. The minimum Gasteiger partial charge on any atom is -0.493 e. The van der Waals surface area contributed by atoms with E-state index in [2.05, 4.69) is 11.3 Å². The smallest absolute Gasteiger partial charge is 0.493 e. The maximum Gasteiger partial charge on any atom is 0.519 e. The van der Waals surface area contributed by atoms with Gasteiger partial charge in [0.2, 0.25) is 0 Å². The molecule has 0 bridgehead atoms. The van der Waals surface area contributed by atoms with E-state index in [9.17, 15) is 9.59 Å². The first kappa shape index (κ1) is 12.8. The van der Waals surface area contributed by atoms with E-state index in [-0.39, 0.29) is 11.5 Å². The molecule has 0 N–H and O–H groups in total. The Labute approximate surface area is 98.6 Å². The number of allylic oxidation sites excluding steroid dienone is 1. The van der Waals surface area contributed by atoms with Crippen molar-refractivity contribution in [3.05, 3.63) is 36.1 Å². The van der Waals surface area contributed by atoms with Gasteiger partial charge in [0.1, 0.15) is 12.0 Å². The van der Waals surface area contributed by atoms with Crippen LogP contribution in [0.15, 0.2) is 30.5 Å². The molecule has 5 heteroatoms. The highest BCUT2D eigenvalue weighted by Crippen LogP contribution is 2.28. The zero-order valence-corrected chi connectivity index (χ0v) is 9.56. The van der Waals surface area contributed by atoms with Crippen LogP contribution in [0.4, 0.5) is 4.79 Å². The van der Waals surface area contributed by atoms with Crippen LogP contribution in [-0.2, 0) is 4.74 Å². The van der Waals surface area contributed by atoms with Crippen molar-refractivity contribution in [1.29, 1.82) is 0 Å². The van der Waals surface area contributed by atoms with Crippen molar-refractivity contribution >= 4 is 12.4 Å². The van der Waals surface area contributed by atoms with Gasteiger partial charge in [0, 0.05) is 5.56 Å². The van der Waals surface area contributed by atoms with Gasteiger partial charge in [-0.25, -0.2) is 4.79 Å². The minimum atomic E-state index is -0.932. The lowest BCUT2D eigenvalue weighted by molar-refractivity contribution is 0.111. The summed E-state index contributed by atoms with van der Waals surface area (Å²) in [5, 5.41) is 0. The average Bonchev–Trinajstić information content (AvgIpc) is 2.27. The van der Waals surface area contributed by atoms with Gasteiger partial charge in [-0.2, -0.15) is 0 Å². The van der Waals surface area contributed by atoms with Crippen molar-refractivity contribution in [3.63, 3.8) is 0 Å². The molecular weight excluding hydrogens is 224 g/mol. The van der Waals surface area contributed by atoms with Crippen LogP contribution in [0.25, 0.3) is 0 Å². The first-order valence-corrected chi connectivity index (χ1v) is 4.75. The summed E-state index contributed by atoms with van der Waals surface area (Å²) in [4.78, 5) is 21.8. The third-order valence-corrected chi connectivity index (χ3v) is 1.77. The van der Waals surface area contributed by atoms with Crippen molar-refractivity contribution in [2.45, 2.75) is 6.92 Å². The highest BCUT2D eigenvalue weighted by Gasteiger charge is 2.12. The third kappa shape index (κ3) is 3.64. The summed E-state index contributed by atoms with van der Waals surface area (Å²) in [6.45, 7) is 4.92. The average molecular weight is 236 g/mol. The second-order valence-electron chi connectivity index (χ2n) is 3.18. The van der Waals surface area contributed by atoms with Crippen LogP contribution < -0.4 is 9.47 Å². The van der Waals surface area contributed by atoms with E-state index in [4.69, 9.17) is 9.47 Å². The molecule has 5 nitrogen and oxygen atoms in total. The van der Waals surface area contributed by atoms with Crippen molar-refractivity contribution < 1.29 is 23.8 Å². The zero-order chi connectivity index (χ0) is 12.8. The van der Waals surface area contributed by atoms with Crippen LogP contribution in [0.5, 0.6) is 11.5 Å². The molecule has 0 fully saturated rings. The maximum absolute atomic E-state index is 11.2. The second-order valence-corrected chi connectivity index (χ2v) is 3.18. The molecular formula is C12H12O5. The van der Waals surface area contributed by atoms with Crippen LogP contribution in [0, 0.1) is 0 Å². The van der Waals surface area contributed by atoms with Gasteiger partial charge in [0.25, 0.3) is 0 Å². The molecule has 0 saturated heterocycles. The van der Waals surface area contributed by atoms with E-state index < -0.39 is 6.16 Å². The van der Waals surface area contributed by atoms with Gasteiger partial charge in [-0.05, 0) is 25.1 Å². The first-order valence-electron chi connectivity index (χ1n) is 4.75. The summed E-state index contributed by atoms with van der Waals surface area (Å²) in [6.07, 6.45) is -0.296. The van der Waals surface area contributed by atoms with Crippen molar-refractivity contribution in [3.8, 4) is 11.5 Å². The third-order valence-electron chi connectivity index (χ3n) is 1.77. The number of carbonyl (C=O) groups is 2. The van der Waals surface area contributed by atoms with Crippen LogP contribution >= 0.6 is 0 Å². The van der Waals surface area contributed by atoms with E-state index >= 15 is 0 Å². The van der Waals surface area contributed by atoms with Gasteiger partial charge in [-0.3, -0.25) is 4.79 Å². The summed E-state index contributed by atoms with van der Waals surface area (Å²) in [5.74, 6) is 0.651. The maximum atomic E-state index is 11.2. The van der Waals surface area contributed by atoms with E-state index in [0.717, 1.165) is 0 Å². The fraction of sp³-hybridized carbons (Fsp3) is 0.167. The summed E-state index contributed by atoms with van der Waals surface area (Å²) < 4.78 is 14.5. The molecule has 0 aliphatic heterocycles. The molecule has 0 heterocycles. The molecule has 0 radical (unpaired) electrons. The zero-order valence-electron chi connectivity index (χ0n) is 9.56. The largest absolute Gasteiger partial charge is 0.519 e. The molecule has 1 aromatic rings. The Kier molecular flexibility index (Phi) is 4.28. The molecule has 1 aromatic carbocycles. The van der Waals surface area contributed by atoms with Gasteiger partial charge < -0.3 is 14.2 Å². The van der Waals surface area contributed by atoms with Crippen molar-refractivity contribution in [2.24, 2.45) is 0 Å². The summed E-state index contributed by atoms with van der Waals surface area (Å²) in [7, 11) is 1.42. The predicted octanol–water partition coefficient (Wildman–Crippen LogP) is 2.56. The molecule has 0 aliphatic carbocycles. The van der Waals surface area contributed by atoms with Gasteiger partial charge in [-0.1, -0.05) is 6.58 Å². The molecule has 0 amide bonds. The van der Waals surface area contributed by atoms with E-state index in [1.165, 1.54) is 26.2 Å². The summed E-state index contributed by atoms with van der Waals surface area (Å²) in [5.41, 5.74) is 0.365. The summed E-state index contributed by atoms with van der Waals surface area (Å²) >= 11 is 0. The molecule has 0 spiro atoms. The molecule has 1 rings (SSSR count). The van der Waals surface area contributed by atoms with Gasteiger partial charge in [0.05, 0.1) is 7.11 Å². The van der Waals surface area contributed by atoms with Gasteiger partial charge in [0.15, 0.2) is 11.5 Å². The van der Waals surface area contributed by atoms with Crippen LogP contribution in [-0.4, -0.2) is 19.6 Å². The molecule has 90 valence electrons. The SMILES string of the molecule is C=C(C)OC(=O)Oc1cc(C=O)ccc1OC. The lowest BCUT2D eigenvalue weighted by atomic mass is 10.2. The number of benzene rings is 1. The van der Waals surface area contributed by atoms with Gasteiger partial charge >= 0.3 is 6.16 Å². The monoisotopic (exact) mass is 236 g/mol. The van der Waals surface area contributed by atoms with Crippen molar-refractivity contribution in [2.75, 3.05) is 7.11 Å². The molecule has 0 unspecified atom stereocenters. The number of rotatable bonds is 4. The van der Waals surface area contributed by atoms with Crippen LogP contribution in [0.3, 0.4) is 0 Å². The summed E-state index contributed by atoms with van der Waals surface area (Å²) in [6, 6.07) is 4.45. The Hall–Kier alpha value is -2.30.